The third-order valence-electron chi connectivity index (χ3n) is 2.02. The highest BCUT2D eigenvalue weighted by Crippen LogP contribution is 2.55. The summed E-state index contributed by atoms with van der Waals surface area (Å²) in [5.41, 5.74) is 1.17. The predicted octanol–water partition coefficient (Wildman–Crippen LogP) is 2.83. The molecule has 0 amide bonds. The number of hydrogen-bond donors (Lipinski definition) is 0. The van der Waals surface area contributed by atoms with E-state index in [0.29, 0.717) is 25.3 Å². The van der Waals surface area contributed by atoms with Gasteiger partial charge in [0.15, 0.2) is 0 Å². The van der Waals surface area contributed by atoms with Crippen LogP contribution in [0, 0.1) is 5.92 Å². The Morgan fingerprint density at radius 2 is 1.92 bits per heavy atom. The maximum Gasteiger partial charge on any atom is 0.331 e. The summed E-state index contributed by atoms with van der Waals surface area (Å²) in [4.78, 5) is 0. The van der Waals surface area contributed by atoms with Gasteiger partial charge in [-0.3, -0.25) is 4.57 Å². The van der Waals surface area contributed by atoms with Crippen LogP contribution < -0.4 is 0 Å². The quantitative estimate of drug-likeness (QED) is 0.493. The lowest BCUT2D eigenvalue weighted by Gasteiger charge is -2.15. The predicted molar refractivity (Wildman–Crippen MR) is 53.0 cm³/mol. The fourth-order valence-corrected chi connectivity index (χ4v) is 3.26. The van der Waals surface area contributed by atoms with E-state index in [1.165, 1.54) is 5.57 Å². The highest BCUT2D eigenvalue weighted by molar-refractivity contribution is 7.53. The third-order valence-corrected chi connectivity index (χ3v) is 4.21. The van der Waals surface area contributed by atoms with Crippen LogP contribution in [-0.2, 0) is 13.6 Å². The smallest absolute Gasteiger partial charge is 0.309 e. The molecule has 0 bridgehead atoms. The normalized spacial score (nSPS) is 22.0. The Labute approximate surface area is 79.7 Å². The summed E-state index contributed by atoms with van der Waals surface area (Å²) in [7, 11) is -2.81. The Morgan fingerprint density at radius 1 is 1.46 bits per heavy atom. The molecule has 76 valence electrons. The fraction of sp³-hybridized carbons (Fsp3) is 0.778. The van der Waals surface area contributed by atoms with Gasteiger partial charge in [-0.15, -0.1) is 0 Å². The molecule has 0 aliphatic heterocycles. The minimum Gasteiger partial charge on any atom is -0.309 e. The first-order chi connectivity index (χ1) is 6.11. The van der Waals surface area contributed by atoms with E-state index in [2.05, 4.69) is 6.58 Å². The molecule has 1 aliphatic rings. The van der Waals surface area contributed by atoms with Crippen molar-refractivity contribution in [1.29, 1.82) is 0 Å². The summed E-state index contributed by atoms with van der Waals surface area (Å²) in [6.07, 6.45) is 1.48. The van der Waals surface area contributed by atoms with Crippen LogP contribution in [0.4, 0.5) is 0 Å². The van der Waals surface area contributed by atoms with Crippen molar-refractivity contribution in [3.05, 3.63) is 12.2 Å². The van der Waals surface area contributed by atoms with Crippen LogP contribution >= 0.6 is 7.60 Å². The lowest BCUT2D eigenvalue weighted by Crippen LogP contribution is -2.01. The fourth-order valence-electron chi connectivity index (χ4n) is 1.26. The van der Waals surface area contributed by atoms with E-state index >= 15 is 0 Å². The zero-order valence-corrected chi connectivity index (χ0v) is 9.18. The van der Waals surface area contributed by atoms with Crippen molar-refractivity contribution in [2.24, 2.45) is 5.92 Å². The lowest BCUT2D eigenvalue weighted by molar-refractivity contribution is 0.219. The van der Waals surface area contributed by atoms with Gasteiger partial charge in [0, 0.05) is 0 Å². The molecular formula is C9H17O3P. The van der Waals surface area contributed by atoms with Gasteiger partial charge in [-0.25, -0.2) is 0 Å². The van der Waals surface area contributed by atoms with Gasteiger partial charge < -0.3 is 9.05 Å². The average Bonchev–Trinajstić information content (AvgIpc) is 2.66. The Morgan fingerprint density at radius 3 is 2.23 bits per heavy atom. The number of hydrogen-bond acceptors (Lipinski definition) is 3. The van der Waals surface area contributed by atoms with Crippen molar-refractivity contribution in [3.8, 4) is 0 Å². The maximum absolute atomic E-state index is 11.9. The zero-order chi connectivity index (χ0) is 9.90. The monoisotopic (exact) mass is 204 g/mol. The SMILES string of the molecule is C=C1CC1CP(=O)(OCC)OCC. The summed E-state index contributed by atoms with van der Waals surface area (Å²) < 4.78 is 22.2. The van der Waals surface area contributed by atoms with Crippen LogP contribution in [0.3, 0.4) is 0 Å². The van der Waals surface area contributed by atoms with E-state index in [-0.39, 0.29) is 0 Å². The molecule has 1 rings (SSSR count). The van der Waals surface area contributed by atoms with E-state index in [0.717, 1.165) is 6.42 Å². The molecule has 0 spiro atoms. The number of allylic oxidation sites excluding steroid dienone is 1. The van der Waals surface area contributed by atoms with Crippen LogP contribution in [0.2, 0.25) is 0 Å². The molecular weight excluding hydrogens is 187 g/mol. The van der Waals surface area contributed by atoms with Crippen LogP contribution in [0.25, 0.3) is 0 Å². The van der Waals surface area contributed by atoms with Crippen molar-refractivity contribution in [2.45, 2.75) is 20.3 Å². The van der Waals surface area contributed by atoms with Crippen molar-refractivity contribution >= 4 is 7.60 Å². The van der Waals surface area contributed by atoms with Crippen LogP contribution in [0.1, 0.15) is 20.3 Å². The molecule has 0 aromatic carbocycles. The second-order valence-electron chi connectivity index (χ2n) is 3.19. The van der Waals surface area contributed by atoms with Gasteiger partial charge in [0.25, 0.3) is 0 Å². The summed E-state index contributed by atoms with van der Waals surface area (Å²) in [5, 5.41) is 0. The molecule has 1 fully saturated rings. The molecule has 1 atom stereocenters. The Hall–Kier alpha value is -0.110. The van der Waals surface area contributed by atoms with E-state index in [4.69, 9.17) is 9.05 Å². The van der Waals surface area contributed by atoms with Gasteiger partial charge in [-0.05, 0) is 26.2 Å². The first kappa shape index (κ1) is 11.0. The summed E-state index contributed by atoms with van der Waals surface area (Å²) in [6.45, 7) is 8.36. The van der Waals surface area contributed by atoms with Gasteiger partial charge >= 0.3 is 7.60 Å². The Bertz CT molecular complexity index is 227. The van der Waals surface area contributed by atoms with Crippen molar-refractivity contribution in [3.63, 3.8) is 0 Å². The Kier molecular flexibility index (Phi) is 3.72. The molecule has 1 aliphatic carbocycles. The standard InChI is InChI=1S/C9H17O3P/c1-4-11-13(10,12-5-2)7-9-6-8(9)3/h9H,3-7H2,1-2H3. The first-order valence-electron chi connectivity index (χ1n) is 4.67. The molecule has 13 heavy (non-hydrogen) atoms. The van der Waals surface area contributed by atoms with Crippen molar-refractivity contribution in [2.75, 3.05) is 19.4 Å². The molecule has 0 aromatic heterocycles. The largest absolute Gasteiger partial charge is 0.331 e. The molecule has 1 saturated carbocycles. The molecule has 0 heterocycles. The first-order valence-corrected chi connectivity index (χ1v) is 6.40. The zero-order valence-electron chi connectivity index (χ0n) is 8.28. The maximum atomic E-state index is 11.9. The second kappa shape index (κ2) is 4.41. The second-order valence-corrected chi connectivity index (χ2v) is 5.29. The highest BCUT2D eigenvalue weighted by Gasteiger charge is 2.37. The lowest BCUT2D eigenvalue weighted by atomic mass is 10.5. The molecule has 1 unspecified atom stereocenters. The van der Waals surface area contributed by atoms with Crippen molar-refractivity contribution < 1.29 is 13.6 Å². The van der Waals surface area contributed by atoms with Crippen LogP contribution in [-0.4, -0.2) is 19.4 Å². The van der Waals surface area contributed by atoms with Gasteiger partial charge in [0.05, 0.1) is 19.4 Å². The molecule has 0 saturated heterocycles. The van der Waals surface area contributed by atoms with E-state index in [9.17, 15) is 4.57 Å². The van der Waals surface area contributed by atoms with E-state index in [1.807, 2.05) is 13.8 Å². The molecule has 3 nitrogen and oxygen atoms in total. The van der Waals surface area contributed by atoms with Gasteiger partial charge in [-0.1, -0.05) is 12.2 Å². The summed E-state index contributed by atoms with van der Waals surface area (Å²) in [5.74, 6) is 0.365. The van der Waals surface area contributed by atoms with E-state index < -0.39 is 7.60 Å². The average molecular weight is 204 g/mol. The number of rotatable bonds is 6. The summed E-state index contributed by atoms with van der Waals surface area (Å²) >= 11 is 0. The highest BCUT2D eigenvalue weighted by atomic mass is 31.2. The molecule has 0 radical (unpaired) electrons. The molecule has 0 N–H and O–H groups in total. The minimum absolute atomic E-state index is 0.365. The van der Waals surface area contributed by atoms with E-state index in [1.54, 1.807) is 0 Å². The van der Waals surface area contributed by atoms with Crippen molar-refractivity contribution in [1.82, 2.24) is 0 Å². The van der Waals surface area contributed by atoms with Crippen LogP contribution in [0.15, 0.2) is 12.2 Å². The van der Waals surface area contributed by atoms with Gasteiger partial charge in [0.2, 0.25) is 0 Å². The molecule has 4 heteroatoms. The van der Waals surface area contributed by atoms with Gasteiger partial charge in [-0.2, -0.15) is 0 Å². The minimum atomic E-state index is -2.81. The summed E-state index contributed by atoms with van der Waals surface area (Å²) in [6, 6.07) is 0. The topological polar surface area (TPSA) is 35.5 Å². The Balaban J connectivity index is 2.45. The van der Waals surface area contributed by atoms with Gasteiger partial charge in [0.1, 0.15) is 0 Å². The third kappa shape index (κ3) is 3.26. The van der Waals surface area contributed by atoms with Crippen LogP contribution in [0.5, 0.6) is 0 Å². The molecule has 0 aromatic rings.